The van der Waals surface area contributed by atoms with Crippen molar-refractivity contribution in [2.45, 2.75) is 19.8 Å². The standard InChI is InChI=1S/C21H23N5O3/c1-13(24-20(28-22)19-10-15-6-3-4-8-18(15)25-19)16-7-5-9-26(12-16)21(27)17-11-23-29-14(17)2/h3-4,6,8,10-11,16,25H,1,5,7,9,12,22H2,2H3/b24-20-. The third-order valence-corrected chi connectivity index (χ3v) is 5.28. The quantitative estimate of drug-likeness (QED) is 0.402. The van der Waals surface area contributed by atoms with Gasteiger partial charge in [-0.2, -0.15) is 5.90 Å². The van der Waals surface area contributed by atoms with Crippen molar-refractivity contribution in [3.63, 3.8) is 0 Å². The van der Waals surface area contributed by atoms with Gasteiger partial charge < -0.3 is 19.2 Å². The Kier molecular flexibility index (Phi) is 5.18. The number of H-pyrrole nitrogens is 1. The molecule has 0 bridgehead atoms. The van der Waals surface area contributed by atoms with Gasteiger partial charge in [0.25, 0.3) is 11.8 Å². The lowest BCUT2D eigenvalue weighted by molar-refractivity contribution is 0.0689. The van der Waals surface area contributed by atoms with Crippen LogP contribution in [0.25, 0.3) is 10.9 Å². The summed E-state index contributed by atoms with van der Waals surface area (Å²) in [5.74, 6) is 6.20. The molecule has 3 aromatic rings. The topological polar surface area (TPSA) is 110 Å². The van der Waals surface area contributed by atoms with Gasteiger partial charge in [0.1, 0.15) is 17.0 Å². The number of carbonyl (C=O) groups excluding carboxylic acids is 1. The number of aryl methyl sites for hydroxylation is 1. The molecule has 1 aliphatic rings. The van der Waals surface area contributed by atoms with E-state index in [1.54, 1.807) is 11.8 Å². The smallest absolute Gasteiger partial charge is 0.261 e. The van der Waals surface area contributed by atoms with Crippen molar-refractivity contribution in [1.82, 2.24) is 15.0 Å². The van der Waals surface area contributed by atoms with Crippen molar-refractivity contribution in [1.29, 1.82) is 0 Å². The average Bonchev–Trinajstić information content (AvgIpc) is 3.37. The molecule has 1 aliphatic heterocycles. The number of nitrogens with one attached hydrogen (secondary N) is 1. The third kappa shape index (κ3) is 3.79. The second kappa shape index (κ2) is 7.92. The minimum atomic E-state index is -0.0869. The number of amides is 1. The molecule has 0 spiro atoms. The van der Waals surface area contributed by atoms with Crippen molar-refractivity contribution in [3.8, 4) is 0 Å². The number of likely N-dealkylation sites (tertiary alicyclic amines) is 1. The Morgan fingerprint density at radius 2 is 2.28 bits per heavy atom. The molecule has 0 radical (unpaired) electrons. The number of hydrogen-bond donors (Lipinski definition) is 2. The van der Waals surface area contributed by atoms with Gasteiger partial charge in [-0.1, -0.05) is 29.9 Å². The number of rotatable bonds is 4. The predicted octanol–water partition coefficient (Wildman–Crippen LogP) is 3.17. The number of para-hydroxylation sites is 1. The predicted molar refractivity (Wildman–Crippen MR) is 109 cm³/mol. The summed E-state index contributed by atoms with van der Waals surface area (Å²) in [4.78, 5) is 27.4. The number of carbonyl (C=O) groups is 1. The maximum absolute atomic E-state index is 12.8. The van der Waals surface area contributed by atoms with Crippen LogP contribution in [0.1, 0.15) is 34.7 Å². The lowest BCUT2D eigenvalue weighted by Gasteiger charge is -2.32. The zero-order chi connectivity index (χ0) is 20.4. The third-order valence-electron chi connectivity index (χ3n) is 5.28. The van der Waals surface area contributed by atoms with E-state index in [4.69, 9.17) is 15.3 Å². The summed E-state index contributed by atoms with van der Waals surface area (Å²) in [6.07, 6.45) is 3.21. The monoisotopic (exact) mass is 393 g/mol. The number of aliphatic imine (C=N–C) groups is 1. The first-order chi connectivity index (χ1) is 14.1. The van der Waals surface area contributed by atoms with Crippen LogP contribution in [-0.4, -0.2) is 39.9 Å². The van der Waals surface area contributed by atoms with Gasteiger partial charge in [0, 0.05) is 35.6 Å². The fourth-order valence-electron chi connectivity index (χ4n) is 3.67. The van der Waals surface area contributed by atoms with Crippen LogP contribution in [0.5, 0.6) is 0 Å². The van der Waals surface area contributed by atoms with Gasteiger partial charge in [-0.3, -0.25) is 4.79 Å². The van der Waals surface area contributed by atoms with E-state index in [0.29, 0.717) is 35.8 Å². The minimum Gasteiger partial charge on any atom is -0.389 e. The number of fused-ring (bicyclic) bond motifs is 1. The Hall–Kier alpha value is -3.39. The molecule has 4 rings (SSSR count). The Bertz CT molecular complexity index is 1050. The highest BCUT2D eigenvalue weighted by Crippen LogP contribution is 2.26. The van der Waals surface area contributed by atoms with Crippen LogP contribution in [0, 0.1) is 12.8 Å². The van der Waals surface area contributed by atoms with Gasteiger partial charge >= 0.3 is 0 Å². The molecule has 8 nitrogen and oxygen atoms in total. The van der Waals surface area contributed by atoms with Crippen molar-refractivity contribution in [2.75, 3.05) is 13.1 Å². The van der Waals surface area contributed by atoms with Gasteiger partial charge in [-0.25, -0.2) is 4.99 Å². The van der Waals surface area contributed by atoms with Crippen LogP contribution in [0.15, 0.2) is 58.3 Å². The number of aromatic nitrogens is 2. The van der Waals surface area contributed by atoms with E-state index in [9.17, 15) is 4.79 Å². The summed E-state index contributed by atoms with van der Waals surface area (Å²) in [6.45, 7) is 7.05. The molecule has 8 heteroatoms. The zero-order valence-corrected chi connectivity index (χ0v) is 16.2. The van der Waals surface area contributed by atoms with Crippen LogP contribution in [0.2, 0.25) is 0 Å². The van der Waals surface area contributed by atoms with Gasteiger partial charge in [0.05, 0.1) is 6.20 Å². The molecule has 1 aromatic carbocycles. The molecular formula is C21H23N5O3. The number of nitrogens with zero attached hydrogens (tertiary/aromatic N) is 3. The summed E-state index contributed by atoms with van der Waals surface area (Å²) in [5.41, 5.74) is 2.77. The minimum absolute atomic E-state index is 0.0161. The van der Waals surface area contributed by atoms with Crippen molar-refractivity contribution in [2.24, 2.45) is 16.8 Å². The van der Waals surface area contributed by atoms with Crippen LogP contribution >= 0.6 is 0 Å². The zero-order valence-electron chi connectivity index (χ0n) is 16.2. The highest BCUT2D eigenvalue weighted by Gasteiger charge is 2.28. The Labute approximate surface area is 168 Å². The lowest BCUT2D eigenvalue weighted by atomic mass is 9.95. The highest BCUT2D eigenvalue weighted by molar-refractivity contribution is 5.98. The first-order valence-corrected chi connectivity index (χ1v) is 9.49. The second-order valence-electron chi connectivity index (χ2n) is 7.18. The summed E-state index contributed by atoms with van der Waals surface area (Å²) in [7, 11) is 0. The molecule has 0 saturated carbocycles. The molecule has 1 unspecified atom stereocenters. The molecule has 1 atom stereocenters. The largest absolute Gasteiger partial charge is 0.389 e. The molecule has 1 amide bonds. The number of piperidine rings is 1. The maximum atomic E-state index is 12.8. The Morgan fingerprint density at radius 1 is 1.45 bits per heavy atom. The normalized spacial score (nSPS) is 17.5. The van der Waals surface area contributed by atoms with Crippen LogP contribution in [0.4, 0.5) is 0 Å². The van der Waals surface area contributed by atoms with Crippen LogP contribution < -0.4 is 5.90 Å². The molecule has 3 heterocycles. The van der Waals surface area contributed by atoms with E-state index in [1.807, 2.05) is 30.3 Å². The second-order valence-corrected chi connectivity index (χ2v) is 7.18. The van der Waals surface area contributed by atoms with E-state index in [1.165, 1.54) is 6.20 Å². The number of nitrogens with two attached hydrogens (primary N) is 1. The SMILES string of the molecule is C=C(/N=C(\ON)c1cc2ccccc2[nH]1)C1CCCN(C(=O)c2cnoc2C)C1. The van der Waals surface area contributed by atoms with Crippen molar-refractivity contribution >= 4 is 22.7 Å². The lowest BCUT2D eigenvalue weighted by Crippen LogP contribution is -2.40. The van der Waals surface area contributed by atoms with E-state index in [-0.39, 0.29) is 17.7 Å². The van der Waals surface area contributed by atoms with E-state index in [0.717, 1.165) is 23.7 Å². The number of benzene rings is 1. The summed E-state index contributed by atoms with van der Waals surface area (Å²) >= 11 is 0. The molecule has 1 fully saturated rings. The molecule has 150 valence electrons. The Morgan fingerprint density at radius 3 is 3.00 bits per heavy atom. The van der Waals surface area contributed by atoms with E-state index >= 15 is 0 Å². The molecule has 2 aromatic heterocycles. The van der Waals surface area contributed by atoms with Crippen LogP contribution in [-0.2, 0) is 4.84 Å². The van der Waals surface area contributed by atoms with Gasteiger partial charge in [0.2, 0.25) is 0 Å². The van der Waals surface area contributed by atoms with Crippen molar-refractivity contribution < 1.29 is 14.2 Å². The van der Waals surface area contributed by atoms with Gasteiger partial charge in [-0.05, 0) is 31.9 Å². The fraction of sp³-hybridized carbons (Fsp3) is 0.286. The highest BCUT2D eigenvalue weighted by atomic mass is 16.6. The van der Waals surface area contributed by atoms with E-state index < -0.39 is 0 Å². The van der Waals surface area contributed by atoms with Crippen LogP contribution in [0.3, 0.4) is 0 Å². The number of hydrogen-bond acceptors (Lipinski definition) is 6. The molecule has 3 N–H and O–H groups in total. The van der Waals surface area contributed by atoms with Gasteiger partial charge in [-0.15, -0.1) is 0 Å². The summed E-state index contributed by atoms with van der Waals surface area (Å²) < 4.78 is 5.02. The Balaban J connectivity index is 1.51. The molecular weight excluding hydrogens is 370 g/mol. The molecule has 1 saturated heterocycles. The molecule has 29 heavy (non-hydrogen) atoms. The first-order valence-electron chi connectivity index (χ1n) is 9.49. The molecule has 0 aliphatic carbocycles. The summed E-state index contributed by atoms with van der Waals surface area (Å²) in [5, 5.41) is 4.74. The van der Waals surface area contributed by atoms with Crippen molar-refractivity contribution in [3.05, 3.63) is 65.8 Å². The number of aromatic amines is 1. The maximum Gasteiger partial charge on any atom is 0.261 e. The fourth-order valence-corrected chi connectivity index (χ4v) is 3.67. The van der Waals surface area contributed by atoms with E-state index in [2.05, 4.69) is 21.7 Å². The van der Waals surface area contributed by atoms with Gasteiger partial charge in [0.15, 0.2) is 0 Å². The average molecular weight is 393 g/mol. The first kappa shape index (κ1) is 18.9. The summed E-state index contributed by atoms with van der Waals surface area (Å²) in [6, 6.07) is 9.81.